The highest BCUT2D eigenvalue weighted by Crippen LogP contribution is 2.32. The number of carbonyl (C=O) groups excluding carboxylic acids is 1. The number of rotatable bonds is 7. The first-order valence-corrected chi connectivity index (χ1v) is 12.3. The molecule has 1 amide bonds. The second-order valence-electron chi connectivity index (χ2n) is 6.53. The van der Waals surface area contributed by atoms with E-state index in [2.05, 4.69) is 31.2 Å². The zero-order valence-corrected chi connectivity index (χ0v) is 19.3. The number of phenolic OH excluding ortho intramolecular Hbond substituents is 1. The van der Waals surface area contributed by atoms with Gasteiger partial charge >= 0.3 is 6.18 Å². The number of alkyl halides is 3. The van der Waals surface area contributed by atoms with E-state index < -0.39 is 38.5 Å². The molecule has 2 aromatic heterocycles. The van der Waals surface area contributed by atoms with Gasteiger partial charge in [0.15, 0.2) is 0 Å². The van der Waals surface area contributed by atoms with Crippen LogP contribution in [0.4, 0.5) is 18.9 Å². The number of phenols is 1. The van der Waals surface area contributed by atoms with Gasteiger partial charge in [0.2, 0.25) is 20.9 Å². The molecule has 2 heterocycles. The number of sulfone groups is 1. The Morgan fingerprint density at radius 3 is 2.59 bits per heavy atom. The second-order valence-corrected chi connectivity index (χ2v) is 10.4. The van der Waals surface area contributed by atoms with E-state index in [0.717, 1.165) is 11.3 Å². The number of halogens is 4. The van der Waals surface area contributed by atoms with E-state index in [4.69, 9.17) is 0 Å². The summed E-state index contributed by atoms with van der Waals surface area (Å²) in [5, 5.41) is 12.9. The fraction of sp³-hybridized carbons (Fsp3) is 0.211. The van der Waals surface area contributed by atoms with Crippen LogP contribution >= 0.6 is 27.3 Å². The molecule has 3 aromatic rings. The van der Waals surface area contributed by atoms with Crippen LogP contribution in [0.15, 0.2) is 51.4 Å². The van der Waals surface area contributed by atoms with Crippen LogP contribution in [0.5, 0.6) is 5.75 Å². The van der Waals surface area contributed by atoms with Gasteiger partial charge in [-0.15, -0.1) is 11.3 Å². The Labute approximate surface area is 193 Å². The van der Waals surface area contributed by atoms with Gasteiger partial charge in [-0.2, -0.15) is 13.2 Å². The highest BCUT2D eigenvalue weighted by molar-refractivity contribution is 9.10. The lowest BCUT2D eigenvalue weighted by atomic mass is 10.2. The van der Waals surface area contributed by atoms with Gasteiger partial charge in [-0.25, -0.2) is 18.4 Å². The maximum Gasteiger partial charge on any atom is 0.433 e. The summed E-state index contributed by atoms with van der Waals surface area (Å²) in [6, 6.07) is 8.21. The van der Waals surface area contributed by atoms with Crippen molar-refractivity contribution in [1.29, 1.82) is 0 Å². The molecule has 2 N–H and O–H groups in total. The van der Waals surface area contributed by atoms with Crippen molar-refractivity contribution < 1.29 is 31.5 Å². The number of nitrogens with one attached hydrogen (secondary N) is 1. The maximum absolute atomic E-state index is 13.2. The molecule has 0 bridgehead atoms. The average Bonchev–Trinajstić information content (AvgIpc) is 3.24. The summed E-state index contributed by atoms with van der Waals surface area (Å²) < 4.78 is 65.6. The third-order valence-corrected chi connectivity index (χ3v) is 7.05. The van der Waals surface area contributed by atoms with Gasteiger partial charge in [-0.1, -0.05) is 22.0 Å². The number of aromatic nitrogens is 2. The van der Waals surface area contributed by atoms with E-state index in [-0.39, 0.29) is 30.0 Å². The van der Waals surface area contributed by atoms with Gasteiger partial charge in [0.05, 0.1) is 22.0 Å². The number of hydrogen-bond donors (Lipinski definition) is 2. The Morgan fingerprint density at radius 2 is 1.94 bits per heavy atom. The van der Waals surface area contributed by atoms with E-state index in [9.17, 15) is 31.5 Å². The van der Waals surface area contributed by atoms with Crippen LogP contribution in [0, 0.1) is 0 Å². The van der Waals surface area contributed by atoms with E-state index >= 15 is 0 Å². The summed E-state index contributed by atoms with van der Waals surface area (Å²) in [6.45, 7) is 0. The largest absolute Gasteiger partial charge is 0.506 e. The summed E-state index contributed by atoms with van der Waals surface area (Å²) in [4.78, 5) is 19.5. The number of aromatic hydroxyl groups is 1. The number of benzene rings is 1. The van der Waals surface area contributed by atoms with Gasteiger partial charge in [-0.05, 0) is 42.1 Å². The third-order valence-electron chi connectivity index (χ3n) is 4.10. The number of amides is 1. The standard InChI is InChI=1S/C19H15BrF3N3O4S2/c20-11-5-6-14(27)12(9-11)24-17(28)4-2-8-32(29,30)18-25-13(15-3-1-7-31-15)10-16(26-18)19(21,22)23/h1,3,5-7,9-10,27H,2,4,8H2,(H,24,28). The minimum Gasteiger partial charge on any atom is -0.506 e. The zero-order chi connectivity index (χ0) is 23.5. The van der Waals surface area contributed by atoms with E-state index in [1.807, 2.05) is 0 Å². The molecule has 0 atom stereocenters. The van der Waals surface area contributed by atoms with Crippen molar-refractivity contribution in [2.24, 2.45) is 0 Å². The van der Waals surface area contributed by atoms with Crippen LogP contribution < -0.4 is 5.32 Å². The minimum absolute atomic E-state index is 0.133. The summed E-state index contributed by atoms with van der Waals surface area (Å²) in [5.74, 6) is -1.37. The van der Waals surface area contributed by atoms with Gasteiger partial charge in [0.1, 0.15) is 11.4 Å². The van der Waals surface area contributed by atoms with Crippen LogP contribution in [-0.2, 0) is 20.8 Å². The Bertz CT molecular complexity index is 1230. The molecule has 1 aromatic carbocycles. The minimum atomic E-state index is -4.86. The fourth-order valence-electron chi connectivity index (χ4n) is 2.60. The average molecular weight is 550 g/mol. The summed E-state index contributed by atoms with van der Waals surface area (Å²) in [5.41, 5.74) is -1.38. The first kappa shape index (κ1) is 24.1. The number of thiophene rings is 1. The van der Waals surface area contributed by atoms with Crippen LogP contribution in [0.1, 0.15) is 18.5 Å². The molecule has 0 aliphatic heterocycles. The first-order valence-electron chi connectivity index (χ1n) is 8.97. The normalized spacial score (nSPS) is 12.0. The predicted molar refractivity (Wildman–Crippen MR) is 116 cm³/mol. The molecule has 0 saturated carbocycles. The topological polar surface area (TPSA) is 109 Å². The summed E-state index contributed by atoms with van der Waals surface area (Å²) >= 11 is 4.31. The van der Waals surface area contributed by atoms with Crippen LogP contribution in [0.2, 0.25) is 0 Å². The lowest BCUT2D eigenvalue weighted by Gasteiger charge is -2.11. The molecule has 0 radical (unpaired) electrons. The Kier molecular flexibility index (Phi) is 7.20. The lowest BCUT2D eigenvalue weighted by molar-refractivity contribution is -0.141. The maximum atomic E-state index is 13.2. The van der Waals surface area contributed by atoms with Gasteiger partial charge in [0, 0.05) is 10.9 Å². The number of carbonyl (C=O) groups is 1. The van der Waals surface area contributed by atoms with Crippen molar-refractivity contribution in [2.75, 3.05) is 11.1 Å². The molecule has 0 aliphatic carbocycles. The van der Waals surface area contributed by atoms with Crippen LogP contribution in [0.25, 0.3) is 10.6 Å². The molecule has 0 spiro atoms. The molecule has 3 rings (SSSR count). The Morgan fingerprint density at radius 1 is 1.19 bits per heavy atom. The third kappa shape index (κ3) is 6.04. The molecule has 0 aliphatic rings. The van der Waals surface area contributed by atoms with Crippen molar-refractivity contribution >= 4 is 48.7 Å². The number of hydrogen-bond acceptors (Lipinski definition) is 7. The molecule has 170 valence electrons. The van der Waals surface area contributed by atoms with E-state index in [1.165, 1.54) is 18.2 Å². The van der Waals surface area contributed by atoms with Gasteiger partial charge < -0.3 is 10.4 Å². The SMILES string of the molecule is O=C(CCCS(=O)(=O)c1nc(-c2cccs2)cc(C(F)(F)F)n1)Nc1cc(Br)ccc1O. The van der Waals surface area contributed by atoms with Crippen molar-refractivity contribution in [3.63, 3.8) is 0 Å². The Hall–Kier alpha value is -2.51. The molecular formula is C19H15BrF3N3O4S2. The highest BCUT2D eigenvalue weighted by atomic mass is 79.9. The molecular weight excluding hydrogens is 535 g/mol. The van der Waals surface area contributed by atoms with Gasteiger partial charge in [-0.3, -0.25) is 4.79 Å². The Balaban J connectivity index is 1.74. The van der Waals surface area contributed by atoms with Crippen molar-refractivity contribution in [1.82, 2.24) is 9.97 Å². The molecule has 32 heavy (non-hydrogen) atoms. The van der Waals surface area contributed by atoms with Crippen molar-refractivity contribution in [3.8, 4) is 16.3 Å². The first-order chi connectivity index (χ1) is 15.0. The zero-order valence-electron chi connectivity index (χ0n) is 16.1. The summed E-state index contributed by atoms with van der Waals surface area (Å²) in [6.07, 6.45) is -5.29. The highest BCUT2D eigenvalue weighted by Gasteiger charge is 2.35. The smallest absolute Gasteiger partial charge is 0.433 e. The van der Waals surface area contributed by atoms with E-state index in [0.29, 0.717) is 15.4 Å². The van der Waals surface area contributed by atoms with Gasteiger partial charge in [0.25, 0.3) is 0 Å². The number of nitrogens with zero attached hydrogens (tertiary/aromatic N) is 2. The fourth-order valence-corrected chi connectivity index (χ4v) is 4.82. The molecule has 0 fully saturated rings. The second kappa shape index (κ2) is 9.55. The van der Waals surface area contributed by atoms with Crippen LogP contribution in [0.3, 0.4) is 0 Å². The predicted octanol–water partition coefficient (Wildman–Crippen LogP) is 4.88. The molecule has 13 heteroatoms. The molecule has 7 nitrogen and oxygen atoms in total. The number of anilines is 1. The van der Waals surface area contributed by atoms with E-state index in [1.54, 1.807) is 17.5 Å². The molecule has 0 saturated heterocycles. The summed E-state index contributed by atoms with van der Waals surface area (Å²) in [7, 11) is -4.29. The van der Waals surface area contributed by atoms with Crippen LogP contribution in [-0.4, -0.2) is 35.2 Å². The lowest BCUT2D eigenvalue weighted by Crippen LogP contribution is -2.18. The monoisotopic (exact) mass is 549 g/mol. The van der Waals surface area contributed by atoms with Crippen molar-refractivity contribution in [3.05, 3.63) is 51.9 Å². The molecule has 0 unspecified atom stereocenters. The quantitative estimate of drug-likeness (QED) is 0.321. The van der Waals surface area contributed by atoms with Crippen molar-refractivity contribution in [2.45, 2.75) is 24.2 Å².